The van der Waals surface area contributed by atoms with Gasteiger partial charge in [-0.05, 0) is 30.7 Å². The van der Waals surface area contributed by atoms with E-state index in [0.29, 0.717) is 0 Å². The van der Waals surface area contributed by atoms with Crippen LogP contribution < -0.4 is 4.74 Å². The van der Waals surface area contributed by atoms with Gasteiger partial charge >= 0.3 is 0 Å². The third-order valence-electron chi connectivity index (χ3n) is 3.12. The lowest BCUT2D eigenvalue weighted by atomic mass is 10.2. The van der Waals surface area contributed by atoms with Crippen LogP contribution in [0.1, 0.15) is 39.0 Å². The molecule has 102 valence electrons. The molecular weight excluding hydrogens is 302 g/mol. The van der Waals surface area contributed by atoms with Gasteiger partial charge in [-0.3, -0.25) is 0 Å². The molecule has 0 saturated heterocycles. The Bertz CT molecular complexity index is 527. The standard InChI is InChI=1S/C16H20BrNO/c1-2-3-4-5-6-11-19-16-10-7-13-12-14(17)8-9-15(13)18-16/h7-10,12H,2-6,11H2,1H3. The minimum atomic E-state index is 0.727. The zero-order valence-electron chi connectivity index (χ0n) is 11.4. The fourth-order valence-electron chi connectivity index (χ4n) is 2.04. The maximum absolute atomic E-state index is 5.70. The Morgan fingerprint density at radius 1 is 1.05 bits per heavy atom. The van der Waals surface area contributed by atoms with Crippen LogP contribution in [-0.4, -0.2) is 11.6 Å². The minimum absolute atomic E-state index is 0.727. The molecule has 1 aromatic heterocycles. The Kier molecular flexibility index (Phi) is 5.64. The van der Waals surface area contributed by atoms with Crippen molar-refractivity contribution in [2.75, 3.05) is 6.61 Å². The second-order valence-electron chi connectivity index (χ2n) is 4.75. The first-order valence-electron chi connectivity index (χ1n) is 6.98. The van der Waals surface area contributed by atoms with Crippen molar-refractivity contribution in [2.24, 2.45) is 0 Å². The highest BCUT2D eigenvalue weighted by Crippen LogP contribution is 2.21. The number of unbranched alkanes of at least 4 members (excludes halogenated alkanes) is 4. The second kappa shape index (κ2) is 7.49. The Morgan fingerprint density at radius 3 is 2.74 bits per heavy atom. The molecule has 0 aliphatic rings. The van der Waals surface area contributed by atoms with Gasteiger partial charge in [0.05, 0.1) is 12.1 Å². The fourth-order valence-corrected chi connectivity index (χ4v) is 2.42. The van der Waals surface area contributed by atoms with Crippen molar-refractivity contribution >= 4 is 26.8 Å². The van der Waals surface area contributed by atoms with Gasteiger partial charge in [0.1, 0.15) is 0 Å². The molecule has 1 aromatic carbocycles. The normalized spacial score (nSPS) is 10.8. The highest BCUT2D eigenvalue weighted by atomic mass is 79.9. The number of halogens is 1. The minimum Gasteiger partial charge on any atom is -0.478 e. The Labute approximate surface area is 123 Å². The first kappa shape index (κ1) is 14.3. The lowest BCUT2D eigenvalue weighted by Gasteiger charge is -2.06. The van der Waals surface area contributed by atoms with E-state index in [2.05, 4.69) is 40.0 Å². The predicted octanol–water partition coefficient (Wildman–Crippen LogP) is 5.35. The number of nitrogens with zero attached hydrogens (tertiary/aromatic N) is 1. The molecule has 2 nitrogen and oxygen atoms in total. The third-order valence-corrected chi connectivity index (χ3v) is 3.62. The monoisotopic (exact) mass is 321 g/mol. The first-order valence-corrected chi connectivity index (χ1v) is 7.78. The van der Waals surface area contributed by atoms with E-state index >= 15 is 0 Å². The number of hydrogen-bond donors (Lipinski definition) is 0. The Morgan fingerprint density at radius 2 is 1.89 bits per heavy atom. The average Bonchev–Trinajstić information content (AvgIpc) is 2.43. The highest BCUT2D eigenvalue weighted by molar-refractivity contribution is 9.10. The van der Waals surface area contributed by atoms with Crippen molar-refractivity contribution < 1.29 is 4.74 Å². The molecule has 2 aromatic rings. The van der Waals surface area contributed by atoms with Crippen LogP contribution in [-0.2, 0) is 0 Å². The summed E-state index contributed by atoms with van der Waals surface area (Å²) in [4.78, 5) is 4.51. The lowest BCUT2D eigenvalue weighted by Crippen LogP contribution is -1.99. The van der Waals surface area contributed by atoms with Crippen molar-refractivity contribution in [3.05, 3.63) is 34.8 Å². The summed E-state index contributed by atoms with van der Waals surface area (Å²) in [5, 5.41) is 1.13. The van der Waals surface area contributed by atoms with Crippen molar-refractivity contribution in [3.8, 4) is 5.88 Å². The molecule has 0 bridgehead atoms. The summed E-state index contributed by atoms with van der Waals surface area (Å²) in [5.74, 6) is 0.727. The van der Waals surface area contributed by atoms with E-state index in [4.69, 9.17) is 4.74 Å². The van der Waals surface area contributed by atoms with Gasteiger partial charge in [0, 0.05) is 15.9 Å². The van der Waals surface area contributed by atoms with E-state index in [1.807, 2.05) is 18.2 Å². The van der Waals surface area contributed by atoms with Gasteiger partial charge < -0.3 is 4.74 Å². The van der Waals surface area contributed by atoms with Gasteiger partial charge in [-0.25, -0.2) is 4.98 Å². The molecule has 0 amide bonds. The molecule has 3 heteroatoms. The molecule has 0 aliphatic carbocycles. The van der Waals surface area contributed by atoms with Gasteiger partial charge in [-0.1, -0.05) is 48.5 Å². The third kappa shape index (κ3) is 4.50. The van der Waals surface area contributed by atoms with Crippen LogP contribution in [0.5, 0.6) is 5.88 Å². The van der Waals surface area contributed by atoms with Crippen LogP contribution in [0.3, 0.4) is 0 Å². The first-order chi connectivity index (χ1) is 9.29. The van der Waals surface area contributed by atoms with Crippen molar-refractivity contribution in [1.82, 2.24) is 4.98 Å². The summed E-state index contributed by atoms with van der Waals surface area (Å²) < 4.78 is 6.78. The summed E-state index contributed by atoms with van der Waals surface area (Å²) in [7, 11) is 0. The molecule has 0 N–H and O–H groups in total. The molecule has 0 atom stereocenters. The summed E-state index contributed by atoms with van der Waals surface area (Å²) in [5.41, 5.74) is 0.978. The van der Waals surface area contributed by atoms with Gasteiger partial charge in [0.2, 0.25) is 5.88 Å². The molecule has 0 spiro atoms. The summed E-state index contributed by atoms with van der Waals surface area (Å²) in [6.07, 6.45) is 6.26. The van der Waals surface area contributed by atoms with Crippen LogP contribution in [0.15, 0.2) is 34.8 Å². The number of ether oxygens (including phenoxy) is 1. The number of aromatic nitrogens is 1. The second-order valence-corrected chi connectivity index (χ2v) is 5.66. The summed E-state index contributed by atoms with van der Waals surface area (Å²) in [6, 6.07) is 10.1. The lowest BCUT2D eigenvalue weighted by molar-refractivity contribution is 0.294. The quantitative estimate of drug-likeness (QED) is 0.641. The van der Waals surface area contributed by atoms with Crippen molar-refractivity contribution in [1.29, 1.82) is 0 Å². The van der Waals surface area contributed by atoms with Gasteiger partial charge in [0.15, 0.2) is 0 Å². The van der Waals surface area contributed by atoms with Crippen molar-refractivity contribution in [2.45, 2.75) is 39.0 Å². The van der Waals surface area contributed by atoms with E-state index in [9.17, 15) is 0 Å². The average molecular weight is 322 g/mol. The number of hydrogen-bond acceptors (Lipinski definition) is 2. The topological polar surface area (TPSA) is 22.1 Å². The number of rotatable bonds is 7. The molecule has 1 heterocycles. The molecule has 0 saturated carbocycles. The number of benzene rings is 1. The van der Waals surface area contributed by atoms with Gasteiger partial charge in [0.25, 0.3) is 0 Å². The molecule has 2 rings (SSSR count). The van der Waals surface area contributed by atoms with E-state index in [-0.39, 0.29) is 0 Å². The van der Waals surface area contributed by atoms with Crippen LogP contribution in [0, 0.1) is 0 Å². The zero-order chi connectivity index (χ0) is 13.5. The maximum atomic E-state index is 5.70. The van der Waals surface area contributed by atoms with E-state index in [0.717, 1.165) is 34.3 Å². The highest BCUT2D eigenvalue weighted by Gasteiger charge is 2.00. The SMILES string of the molecule is CCCCCCCOc1ccc2cc(Br)ccc2n1. The summed E-state index contributed by atoms with van der Waals surface area (Å²) >= 11 is 3.46. The molecule has 19 heavy (non-hydrogen) atoms. The maximum Gasteiger partial charge on any atom is 0.213 e. The molecular formula is C16H20BrNO. The van der Waals surface area contributed by atoms with Crippen molar-refractivity contribution in [3.63, 3.8) is 0 Å². The van der Waals surface area contributed by atoms with E-state index in [1.54, 1.807) is 0 Å². The molecule has 0 fully saturated rings. The van der Waals surface area contributed by atoms with Crippen LogP contribution >= 0.6 is 15.9 Å². The van der Waals surface area contributed by atoms with E-state index in [1.165, 1.54) is 25.7 Å². The van der Waals surface area contributed by atoms with Gasteiger partial charge in [-0.2, -0.15) is 0 Å². The largest absolute Gasteiger partial charge is 0.478 e. The van der Waals surface area contributed by atoms with Crippen LogP contribution in [0.25, 0.3) is 10.9 Å². The van der Waals surface area contributed by atoms with Crippen LogP contribution in [0.4, 0.5) is 0 Å². The predicted molar refractivity (Wildman–Crippen MR) is 83.7 cm³/mol. The van der Waals surface area contributed by atoms with Gasteiger partial charge in [-0.15, -0.1) is 0 Å². The molecule has 0 aliphatic heterocycles. The smallest absolute Gasteiger partial charge is 0.213 e. The molecule has 0 radical (unpaired) electrons. The molecule has 0 unspecified atom stereocenters. The Hall–Kier alpha value is -1.09. The van der Waals surface area contributed by atoms with E-state index < -0.39 is 0 Å². The van der Waals surface area contributed by atoms with Crippen LogP contribution in [0.2, 0.25) is 0 Å². The Balaban J connectivity index is 1.86. The number of pyridine rings is 1. The number of fused-ring (bicyclic) bond motifs is 1. The fraction of sp³-hybridized carbons (Fsp3) is 0.438. The zero-order valence-corrected chi connectivity index (χ0v) is 12.9. The summed E-state index contributed by atoms with van der Waals surface area (Å²) in [6.45, 7) is 2.99.